The lowest BCUT2D eigenvalue weighted by Crippen LogP contribution is -2.45. The summed E-state index contributed by atoms with van der Waals surface area (Å²) in [4.78, 5) is 2.49. The van der Waals surface area contributed by atoms with Gasteiger partial charge in [-0.05, 0) is 24.1 Å². The van der Waals surface area contributed by atoms with Gasteiger partial charge < -0.3 is 20.1 Å². The molecule has 4 heteroatoms. The largest absolute Gasteiger partial charge is 0.399 e. The number of nitrogen functional groups attached to an aromatic ring is 1. The molecule has 2 heterocycles. The van der Waals surface area contributed by atoms with E-state index in [0.29, 0.717) is 0 Å². The molecule has 0 atom stereocenters. The molecule has 0 aromatic heterocycles. The normalized spacial score (nSPS) is 22.9. The van der Waals surface area contributed by atoms with Crippen molar-refractivity contribution in [3.63, 3.8) is 0 Å². The minimum absolute atomic E-state index is 0.252. The number of piperidine rings is 1. The van der Waals surface area contributed by atoms with Gasteiger partial charge in [-0.2, -0.15) is 0 Å². The van der Waals surface area contributed by atoms with Crippen molar-refractivity contribution in [3.8, 4) is 0 Å². The zero-order chi connectivity index (χ0) is 13.1. The third kappa shape index (κ3) is 3.08. The van der Waals surface area contributed by atoms with Gasteiger partial charge in [-0.1, -0.05) is 12.1 Å². The van der Waals surface area contributed by atoms with Gasteiger partial charge in [0, 0.05) is 38.2 Å². The highest BCUT2D eigenvalue weighted by Gasteiger charge is 2.39. The summed E-state index contributed by atoms with van der Waals surface area (Å²) in [7, 11) is 0. The third-order valence-corrected chi connectivity index (χ3v) is 4.13. The lowest BCUT2D eigenvalue weighted by atomic mass is 10.0. The highest BCUT2D eigenvalue weighted by Crippen LogP contribution is 2.31. The molecule has 0 radical (unpaired) electrons. The van der Waals surface area contributed by atoms with Crippen LogP contribution in [0.15, 0.2) is 24.3 Å². The molecule has 4 nitrogen and oxygen atoms in total. The molecule has 0 aliphatic carbocycles. The van der Waals surface area contributed by atoms with Crippen LogP contribution in [0.25, 0.3) is 0 Å². The Morgan fingerprint density at radius 2 is 1.68 bits per heavy atom. The molecule has 1 aromatic carbocycles. The Kier molecular flexibility index (Phi) is 3.73. The van der Waals surface area contributed by atoms with Crippen LogP contribution in [0.2, 0.25) is 0 Å². The fourth-order valence-corrected chi connectivity index (χ4v) is 2.87. The van der Waals surface area contributed by atoms with E-state index >= 15 is 0 Å². The Labute approximate surface area is 114 Å². The van der Waals surface area contributed by atoms with Crippen LogP contribution >= 0.6 is 0 Å². The van der Waals surface area contributed by atoms with Gasteiger partial charge in [-0.3, -0.25) is 0 Å². The molecule has 2 N–H and O–H groups in total. The monoisotopic (exact) mass is 262 g/mol. The molecule has 104 valence electrons. The Balaban J connectivity index is 1.46. The summed E-state index contributed by atoms with van der Waals surface area (Å²) in [6, 6.07) is 8.18. The van der Waals surface area contributed by atoms with Crippen molar-refractivity contribution in [3.05, 3.63) is 29.8 Å². The zero-order valence-corrected chi connectivity index (χ0v) is 11.3. The van der Waals surface area contributed by atoms with Crippen molar-refractivity contribution >= 4 is 5.69 Å². The van der Waals surface area contributed by atoms with E-state index in [2.05, 4.69) is 17.0 Å². The van der Waals surface area contributed by atoms with E-state index in [9.17, 15) is 0 Å². The second kappa shape index (κ2) is 5.49. The van der Waals surface area contributed by atoms with Crippen LogP contribution in [0, 0.1) is 0 Å². The molecule has 1 spiro atoms. The van der Waals surface area contributed by atoms with Gasteiger partial charge in [-0.15, -0.1) is 0 Å². The fraction of sp³-hybridized carbons (Fsp3) is 0.600. The number of likely N-dealkylation sites (tertiary alicyclic amines) is 1. The predicted molar refractivity (Wildman–Crippen MR) is 74.9 cm³/mol. The third-order valence-electron chi connectivity index (χ3n) is 4.13. The maximum Gasteiger partial charge on any atom is 0.170 e. The second-order valence-corrected chi connectivity index (χ2v) is 5.44. The Morgan fingerprint density at radius 1 is 1.05 bits per heavy atom. The van der Waals surface area contributed by atoms with E-state index in [1.54, 1.807) is 0 Å². The van der Waals surface area contributed by atoms with Crippen LogP contribution in [0.1, 0.15) is 18.4 Å². The van der Waals surface area contributed by atoms with Crippen molar-refractivity contribution in [2.24, 2.45) is 0 Å². The summed E-state index contributed by atoms with van der Waals surface area (Å²) in [6.07, 6.45) is 3.07. The molecular formula is C15H22N2O2. The zero-order valence-electron chi connectivity index (χ0n) is 11.3. The smallest absolute Gasteiger partial charge is 0.170 e. The number of hydrogen-bond donors (Lipinski definition) is 1. The molecule has 1 aromatic rings. The predicted octanol–water partition coefficient (Wildman–Crippen LogP) is 1.65. The topological polar surface area (TPSA) is 47.7 Å². The fourth-order valence-electron chi connectivity index (χ4n) is 2.87. The quantitative estimate of drug-likeness (QED) is 0.841. The average Bonchev–Trinajstić information content (AvgIpc) is 2.89. The SMILES string of the molecule is Nc1ccc(CCN2CCC3(CC2)OCCO3)cc1. The Morgan fingerprint density at radius 3 is 2.32 bits per heavy atom. The number of benzene rings is 1. The summed E-state index contributed by atoms with van der Waals surface area (Å²) < 4.78 is 11.5. The molecule has 2 saturated heterocycles. The van der Waals surface area contributed by atoms with E-state index in [1.165, 1.54) is 5.56 Å². The van der Waals surface area contributed by atoms with Gasteiger partial charge in [0.05, 0.1) is 13.2 Å². The van der Waals surface area contributed by atoms with Crippen molar-refractivity contribution in [2.75, 3.05) is 38.6 Å². The first kappa shape index (κ1) is 12.9. The van der Waals surface area contributed by atoms with Gasteiger partial charge in [-0.25, -0.2) is 0 Å². The van der Waals surface area contributed by atoms with E-state index in [-0.39, 0.29) is 5.79 Å². The highest BCUT2D eigenvalue weighted by atomic mass is 16.7. The molecule has 19 heavy (non-hydrogen) atoms. The van der Waals surface area contributed by atoms with Crippen LogP contribution in [-0.2, 0) is 15.9 Å². The van der Waals surface area contributed by atoms with Gasteiger partial charge in [0.1, 0.15) is 0 Å². The van der Waals surface area contributed by atoms with Crippen molar-refractivity contribution in [1.82, 2.24) is 4.90 Å². The molecule has 0 bridgehead atoms. The highest BCUT2D eigenvalue weighted by molar-refractivity contribution is 5.39. The summed E-state index contributed by atoms with van der Waals surface area (Å²) in [6.45, 7) is 4.74. The number of ether oxygens (including phenoxy) is 2. The van der Waals surface area contributed by atoms with Crippen LogP contribution in [0.3, 0.4) is 0 Å². The minimum Gasteiger partial charge on any atom is -0.399 e. The first-order valence-corrected chi connectivity index (χ1v) is 7.10. The lowest BCUT2D eigenvalue weighted by molar-refractivity contribution is -0.185. The van der Waals surface area contributed by atoms with Gasteiger partial charge in [0.15, 0.2) is 5.79 Å². The maximum atomic E-state index is 5.74. The van der Waals surface area contributed by atoms with Gasteiger partial charge >= 0.3 is 0 Å². The lowest BCUT2D eigenvalue weighted by Gasteiger charge is -2.37. The number of nitrogens with zero attached hydrogens (tertiary/aromatic N) is 1. The molecule has 2 aliphatic heterocycles. The summed E-state index contributed by atoms with van der Waals surface area (Å²) in [5, 5.41) is 0. The first-order chi connectivity index (χ1) is 9.26. The standard InChI is InChI=1S/C15H22N2O2/c16-14-3-1-13(2-4-14)5-8-17-9-6-15(7-10-17)18-11-12-19-15/h1-4H,5-12,16H2. The van der Waals surface area contributed by atoms with Crippen molar-refractivity contribution in [2.45, 2.75) is 25.0 Å². The van der Waals surface area contributed by atoms with Crippen LogP contribution in [0.5, 0.6) is 0 Å². The van der Waals surface area contributed by atoms with Gasteiger partial charge in [0.2, 0.25) is 0 Å². The minimum atomic E-state index is -0.252. The number of rotatable bonds is 3. The molecule has 2 fully saturated rings. The molecule has 0 amide bonds. The van der Waals surface area contributed by atoms with E-state index in [4.69, 9.17) is 15.2 Å². The Bertz CT molecular complexity index is 403. The van der Waals surface area contributed by atoms with Crippen molar-refractivity contribution < 1.29 is 9.47 Å². The van der Waals surface area contributed by atoms with Crippen LogP contribution in [-0.4, -0.2) is 43.5 Å². The molecule has 2 aliphatic rings. The number of hydrogen-bond acceptors (Lipinski definition) is 4. The number of nitrogens with two attached hydrogens (primary N) is 1. The molecule has 3 rings (SSSR count). The molecular weight excluding hydrogens is 240 g/mol. The molecule has 0 saturated carbocycles. The second-order valence-electron chi connectivity index (χ2n) is 5.44. The van der Waals surface area contributed by atoms with E-state index in [0.717, 1.165) is 57.8 Å². The van der Waals surface area contributed by atoms with Gasteiger partial charge in [0.25, 0.3) is 0 Å². The van der Waals surface area contributed by atoms with E-state index < -0.39 is 0 Å². The maximum absolute atomic E-state index is 5.74. The summed E-state index contributed by atoms with van der Waals surface area (Å²) in [5.41, 5.74) is 7.88. The average molecular weight is 262 g/mol. The van der Waals surface area contributed by atoms with Crippen molar-refractivity contribution in [1.29, 1.82) is 0 Å². The Hall–Kier alpha value is -1.10. The number of anilines is 1. The molecule has 0 unspecified atom stereocenters. The van der Waals surface area contributed by atoms with Crippen LogP contribution < -0.4 is 5.73 Å². The summed E-state index contributed by atoms with van der Waals surface area (Å²) >= 11 is 0. The first-order valence-electron chi connectivity index (χ1n) is 7.10. The van der Waals surface area contributed by atoms with Crippen LogP contribution in [0.4, 0.5) is 5.69 Å². The summed E-state index contributed by atoms with van der Waals surface area (Å²) in [5.74, 6) is -0.252. The van der Waals surface area contributed by atoms with E-state index in [1.807, 2.05) is 12.1 Å².